The number of hydrogen-bond acceptors (Lipinski definition) is 5. The number of carbonyl (C=O) groups is 3. The average molecular weight is 389 g/mol. The van der Waals surface area contributed by atoms with Crippen LogP contribution in [0.3, 0.4) is 0 Å². The zero-order valence-electron chi connectivity index (χ0n) is 16.2. The molecule has 0 bridgehead atoms. The molecule has 26 heavy (non-hydrogen) atoms. The molecule has 1 rings (SSSR count). The van der Waals surface area contributed by atoms with E-state index in [1.54, 1.807) is 32.5 Å². The molecule has 0 aromatic heterocycles. The molecule has 0 aromatic rings. The molecule has 3 N–H and O–H groups in total. The molecule has 0 heterocycles. The third-order valence-electron chi connectivity index (χ3n) is 4.38. The molecule has 0 aromatic carbocycles. The van der Waals surface area contributed by atoms with Crippen LogP contribution < -0.4 is 10.6 Å². The second kappa shape index (κ2) is 10.6. The zero-order valence-corrected chi connectivity index (χ0v) is 17.0. The van der Waals surface area contributed by atoms with E-state index in [9.17, 15) is 19.5 Å². The highest BCUT2D eigenvalue weighted by molar-refractivity contribution is 7.98. The molecule has 0 spiro atoms. The predicted molar refractivity (Wildman–Crippen MR) is 102 cm³/mol. The minimum Gasteiger partial charge on any atom is -0.481 e. The van der Waals surface area contributed by atoms with Crippen LogP contribution in [0.5, 0.6) is 0 Å². The minimum atomic E-state index is -0.797. The number of carboxylic acids is 1. The number of carbonyl (C=O) groups excluding carboxylic acids is 2. The lowest BCUT2D eigenvalue weighted by atomic mass is 9.79. The fraction of sp³-hybridized carbons (Fsp3) is 0.833. The SMILES string of the molecule is CSCCC(NC(=O)OC(C)(C)C)C(=O)NC[C@@H]1CCCC[C@@H]1C(=O)O. The maximum atomic E-state index is 12.5. The van der Waals surface area contributed by atoms with Crippen molar-refractivity contribution in [1.29, 1.82) is 0 Å². The summed E-state index contributed by atoms with van der Waals surface area (Å²) in [6.07, 6.45) is 5.14. The smallest absolute Gasteiger partial charge is 0.408 e. The van der Waals surface area contributed by atoms with Gasteiger partial charge in [-0.1, -0.05) is 12.8 Å². The fourth-order valence-corrected chi connectivity index (χ4v) is 3.56. The van der Waals surface area contributed by atoms with Gasteiger partial charge in [0.05, 0.1) is 5.92 Å². The van der Waals surface area contributed by atoms with Gasteiger partial charge in [0, 0.05) is 6.54 Å². The molecule has 2 amide bonds. The Kier molecular flexibility index (Phi) is 9.25. The maximum Gasteiger partial charge on any atom is 0.408 e. The second-order valence-electron chi connectivity index (χ2n) is 7.71. The highest BCUT2D eigenvalue weighted by atomic mass is 32.2. The minimum absolute atomic E-state index is 0.0621. The lowest BCUT2D eigenvalue weighted by molar-refractivity contribution is -0.145. The van der Waals surface area contributed by atoms with Gasteiger partial charge in [-0.3, -0.25) is 9.59 Å². The standard InChI is InChI=1S/C18H32N2O5S/c1-18(2,3)25-17(24)20-14(9-10-26-4)15(21)19-11-12-7-5-6-8-13(12)16(22)23/h12-14H,5-11H2,1-4H3,(H,19,21)(H,20,24)(H,22,23)/t12-,13-,14?/m0/s1. The van der Waals surface area contributed by atoms with Crippen LogP contribution in [0.1, 0.15) is 52.9 Å². The predicted octanol–water partition coefficient (Wildman–Crippen LogP) is 2.64. The van der Waals surface area contributed by atoms with Gasteiger partial charge in [0.2, 0.25) is 5.91 Å². The average Bonchev–Trinajstić information content (AvgIpc) is 2.54. The van der Waals surface area contributed by atoms with Gasteiger partial charge in [-0.2, -0.15) is 11.8 Å². The van der Waals surface area contributed by atoms with Crippen molar-refractivity contribution in [2.75, 3.05) is 18.6 Å². The van der Waals surface area contributed by atoms with Crippen molar-refractivity contribution >= 4 is 29.7 Å². The lowest BCUT2D eigenvalue weighted by Gasteiger charge is -2.29. The van der Waals surface area contributed by atoms with Crippen LogP contribution in [-0.4, -0.2) is 53.3 Å². The molecule has 1 saturated carbocycles. The van der Waals surface area contributed by atoms with E-state index < -0.39 is 29.6 Å². The normalized spacial score (nSPS) is 21.5. The van der Waals surface area contributed by atoms with Gasteiger partial charge in [-0.05, 0) is 58.0 Å². The zero-order chi connectivity index (χ0) is 19.7. The van der Waals surface area contributed by atoms with Crippen molar-refractivity contribution in [3.8, 4) is 0 Å². The highest BCUT2D eigenvalue weighted by Crippen LogP contribution is 2.29. The number of nitrogens with one attached hydrogen (secondary N) is 2. The van der Waals surface area contributed by atoms with E-state index in [1.807, 2.05) is 6.26 Å². The van der Waals surface area contributed by atoms with E-state index in [2.05, 4.69) is 10.6 Å². The van der Waals surface area contributed by atoms with Crippen molar-refractivity contribution < 1.29 is 24.2 Å². The molecule has 0 radical (unpaired) electrons. The molecule has 8 heteroatoms. The van der Waals surface area contributed by atoms with Crippen LogP contribution in [-0.2, 0) is 14.3 Å². The number of carboxylic acid groups (broad SMARTS) is 1. The third kappa shape index (κ3) is 8.29. The number of aliphatic carboxylic acids is 1. The Labute approximate surface area is 160 Å². The summed E-state index contributed by atoms with van der Waals surface area (Å²) in [6, 6.07) is -0.691. The van der Waals surface area contributed by atoms with Gasteiger partial charge in [0.15, 0.2) is 0 Å². The first-order chi connectivity index (χ1) is 12.1. The first-order valence-electron chi connectivity index (χ1n) is 9.13. The number of ether oxygens (including phenoxy) is 1. The van der Waals surface area contributed by atoms with Crippen LogP contribution in [0, 0.1) is 11.8 Å². The van der Waals surface area contributed by atoms with Crippen molar-refractivity contribution in [3.05, 3.63) is 0 Å². The van der Waals surface area contributed by atoms with E-state index in [-0.39, 0.29) is 11.8 Å². The van der Waals surface area contributed by atoms with Gasteiger partial charge >= 0.3 is 12.1 Å². The number of amides is 2. The molecule has 0 aliphatic heterocycles. The Balaban J connectivity index is 2.61. The molecule has 7 nitrogen and oxygen atoms in total. The summed E-state index contributed by atoms with van der Waals surface area (Å²) in [5.41, 5.74) is -0.637. The van der Waals surface area contributed by atoms with Crippen LogP contribution in [0.4, 0.5) is 4.79 Å². The van der Waals surface area contributed by atoms with Crippen LogP contribution in [0.2, 0.25) is 0 Å². The first-order valence-corrected chi connectivity index (χ1v) is 10.5. The second-order valence-corrected chi connectivity index (χ2v) is 8.70. The van der Waals surface area contributed by atoms with E-state index in [1.165, 1.54) is 0 Å². The lowest BCUT2D eigenvalue weighted by Crippen LogP contribution is -2.50. The fourth-order valence-electron chi connectivity index (χ4n) is 3.09. The Hall–Kier alpha value is -1.44. The Bertz CT molecular complexity index is 492. The Morgan fingerprint density at radius 1 is 1.23 bits per heavy atom. The third-order valence-corrected chi connectivity index (χ3v) is 5.03. The largest absolute Gasteiger partial charge is 0.481 e. The summed E-state index contributed by atoms with van der Waals surface area (Å²) in [5, 5.41) is 14.8. The molecule has 3 atom stereocenters. The summed E-state index contributed by atoms with van der Waals surface area (Å²) < 4.78 is 5.23. The van der Waals surface area contributed by atoms with Gasteiger partial charge < -0.3 is 20.5 Å². The summed E-state index contributed by atoms with van der Waals surface area (Å²) >= 11 is 1.59. The van der Waals surface area contributed by atoms with Crippen molar-refractivity contribution in [1.82, 2.24) is 10.6 Å². The Morgan fingerprint density at radius 3 is 2.46 bits per heavy atom. The maximum absolute atomic E-state index is 12.5. The number of thioether (sulfide) groups is 1. The summed E-state index contributed by atoms with van der Waals surface area (Å²) in [5.74, 6) is -0.843. The van der Waals surface area contributed by atoms with E-state index in [0.717, 1.165) is 25.0 Å². The molecule has 0 saturated heterocycles. The number of alkyl carbamates (subject to hydrolysis) is 1. The van der Waals surface area contributed by atoms with Crippen LogP contribution in [0.25, 0.3) is 0 Å². The summed E-state index contributed by atoms with van der Waals surface area (Å²) in [6.45, 7) is 5.61. The van der Waals surface area contributed by atoms with Gasteiger partial charge in [0.1, 0.15) is 11.6 Å². The summed E-state index contributed by atoms with van der Waals surface area (Å²) in [7, 11) is 0. The molecule has 1 aliphatic rings. The van der Waals surface area contributed by atoms with E-state index in [0.29, 0.717) is 19.4 Å². The topological polar surface area (TPSA) is 105 Å². The van der Waals surface area contributed by atoms with Crippen LogP contribution >= 0.6 is 11.8 Å². The number of hydrogen-bond donors (Lipinski definition) is 3. The molecule has 1 aliphatic carbocycles. The van der Waals surface area contributed by atoms with Gasteiger partial charge in [-0.15, -0.1) is 0 Å². The summed E-state index contributed by atoms with van der Waals surface area (Å²) in [4.78, 5) is 35.9. The number of rotatable bonds is 8. The van der Waals surface area contributed by atoms with Crippen molar-refractivity contribution in [2.24, 2.45) is 11.8 Å². The van der Waals surface area contributed by atoms with Crippen LogP contribution in [0.15, 0.2) is 0 Å². The molecule has 150 valence electrons. The monoisotopic (exact) mass is 388 g/mol. The van der Waals surface area contributed by atoms with Crippen molar-refractivity contribution in [2.45, 2.75) is 64.5 Å². The molecular formula is C18H32N2O5S. The quantitative estimate of drug-likeness (QED) is 0.590. The molecule has 1 fully saturated rings. The van der Waals surface area contributed by atoms with Gasteiger partial charge in [0.25, 0.3) is 0 Å². The van der Waals surface area contributed by atoms with Gasteiger partial charge in [-0.25, -0.2) is 4.79 Å². The van der Waals surface area contributed by atoms with Crippen molar-refractivity contribution in [3.63, 3.8) is 0 Å². The Morgan fingerprint density at radius 2 is 1.88 bits per heavy atom. The molecule has 1 unspecified atom stereocenters. The van der Waals surface area contributed by atoms with E-state index in [4.69, 9.17) is 4.74 Å². The first kappa shape index (κ1) is 22.6. The highest BCUT2D eigenvalue weighted by Gasteiger charge is 2.32. The van der Waals surface area contributed by atoms with E-state index >= 15 is 0 Å². The molecular weight excluding hydrogens is 356 g/mol.